The third kappa shape index (κ3) is 12.1. The molecule has 1 atom stereocenters. The maximum absolute atomic E-state index is 4.37. The zero-order valence-electron chi connectivity index (χ0n) is 21.4. The minimum absolute atomic E-state index is 0.132. The van der Waals surface area contributed by atoms with Crippen LogP contribution in [0.5, 0.6) is 0 Å². The van der Waals surface area contributed by atoms with E-state index in [2.05, 4.69) is 89.5 Å². The van der Waals surface area contributed by atoms with Crippen LogP contribution in [-0.4, -0.2) is 42.1 Å². The first-order valence-corrected chi connectivity index (χ1v) is 13.3. The highest BCUT2D eigenvalue weighted by Crippen LogP contribution is 2.22. The Morgan fingerprint density at radius 2 is 1.68 bits per heavy atom. The Balaban J connectivity index is 1.90. The van der Waals surface area contributed by atoms with E-state index in [0.29, 0.717) is 6.42 Å². The fourth-order valence-corrected chi connectivity index (χ4v) is 4.47. The summed E-state index contributed by atoms with van der Waals surface area (Å²) in [5, 5.41) is 14.7. The van der Waals surface area contributed by atoms with Crippen molar-refractivity contribution in [3.63, 3.8) is 0 Å². The van der Waals surface area contributed by atoms with Gasteiger partial charge in [0.1, 0.15) is 5.82 Å². The number of rotatable bonds is 15. The lowest BCUT2D eigenvalue weighted by molar-refractivity contribution is 0.680. The van der Waals surface area contributed by atoms with Crippen LogP contribution in [0, 0.1) is 0 Å². The van der Waals surface area contributed by atoms with Gasteiger partial charge < -0.3 is 0 Å². The Morgan fingerprint density at radius 3 is 2.35 bits per heavy atom. The molecule has 6 nitrogen and oxygen atoms in total. The second-order valence-corrected chi connectivity index (χ2v) is 10.2. The molecular weight excluding hydrogens is 440 g/mol. The second kappa shape index (κ2) is 16.1. The van der Waals surface area contributed by atoms with E-state index in [0.717, 1.165) is 55.3 Å². The summed E-state index contributed by atoms with van der Waals surface area (Å²) in [5.41, 5.74) is 5.76. The van der Waals surface area contributed by atoms with E-state index in [-0.39, 0.29) is 5.92 Å². The van der Waals surface area contributed by atoms with Crippen LogP contribution in [0.1, 0.15) is 84.3 Å². The normalized spacial score (nSPS) is 13.0. The van der Waals surface area contributed by atoms with Gasteiger partial charge in [-0.15, -0.1) is 10.2 Å². The van der Waals surface area contributed by atoms with Crippen molar-refractivity contribution in [2.24, 2.45) is 0 Å². The summed E-state index contributed by atoms with van der Waals surface area (Å²) in [7, 11) is 0. The van der Waals surface area contributed by atoms with Crippen molar-refractivity contribution in [1.29, 1.82) is 0 Å². The first kappa shape index (κ1) is 27.7. The average molecular weight is 481 g/mol. The summed E-state index contributed by atoms with van der Waals surface area (Å²) in [4.78, 5) is 8.73. The quantitative estimate of drug-likeness (QED) is 0.223. The first-order chi connectivity index (χ1) is 16.4. The van der Waals surface area contributed by atoms with Gasteiger partial charge in [-0.05, 0) is 72.8 Å². The summed E-state index contributed by atoms with van der Waals surface area (Å²) >= 11 is 1.90. The number of hydrogen-bond acceptors (Lipinski definition) is 6. The fraction of sp³-hybridized carbons (Fsp3) is 0.519. The molecule has 0 saturated carbocycles. The van der Waals surface area contributed by atoms with Gasteiger partial charge >= 0.3 is 0 Å². The van der Waals surface area contributed by atoms with E-state index >= 15 is 0 Å². The highest BCUT2D eigenvalue weighted by atomic mass is 32.2. The van der Waals surface area contributed by atoms with E-state index in [4.69, 9.17) is 0 Å². The van der Waals surface area contributed by atoms with Crippen molar-refractivity contribution in [3.8, 4) is 0 Å². The number of hydrogen-bond donors (Lipinski definition) is 1. The van der Waals surface area contributed by atoms with E-state index < -0.39 is 0 Å². The van der Waals surface area contributed by atoms with Crippen LogP contribution >= 0.6 is 11.8 Å². The number of aromatic amines is 1. The molecule has 2 aromatic rings. The smallest absolute Gasteiger partial charge is 0.178 e. The third-order valence-corrected chi connectivity index (χ3v) is 6.45. The number of tetrazole rings is 1. The number of aromatic nitrogens is 6. The van der Waals surface area contributed by atoms with Gasteiger partial charge in [0.25, 0.3) is 0 Å². The SMILES string of the molecule is CC(C)=CCCC(C)=CCCC(=CCSCC(Cc1ncccn1)c1nn[nH]n1)CC=C(C)C. The van der Waals surface area contributed by atoms with Gasteiger partial charge in [0.05, 0.1) is 0 Å². The Bertz CT molecular complexity index is 937. The lowest BCUT2D eigenvalue weighted by atomic mass is 10.0. The van der Waals surface area contributed by atoms with Crippen molar-refractivity contribution >= 4 is 11.8 Å². The molecule has 0 saturated heterocycles. The predicted octanol–water partition coefficient (Wildman–Crippen LogP) is 6.80. The van der Waals surface area contributed by atoms with Gasteiger partial charge in [0.15, 0.2) is 5.82 Å². The average Bonchev–Trinajstić information content (AvgIpc) is 3.34. The molecule has 0 spiro atoms. The second-order valence-electron chi connectivity index (χ2n) is 9.13. The highest BCUT2D eigenvalue weighted by Gasteiger charge is 2.18. The van der Waals surface area contributed by atoms with Gasteiger partial charge in [-0.1, -0.05) is 51.8 Å². The van der Waals surface area contributed by atoms with Crippen molar-refractivity contribution in [2.75, 3.05) is 11.5 Å². The van der Waals surface area contributed by atoms with Gasteiger partial charge in [0, 0.05) is 36.2 Å². The molecule has 184 valence electrons. The number of H-pyrrole nitrogens is 1. The van der Waals surface area contributed by atoms with E-state index in [1.807, 2.05) is 17.8 Å². The molecule has 0 aromatic carbocycles. The number of nitrogens with zero attached hydrogens (tertiary/aromatic N) is 5. The van der Waals surface area contributed by atoms with E-state index in [1.165, 1.54) is 22.3 Å². The van der Waals surface area contributed by atoms with Crippen LogP contribution in [-0.2, 0) is 6.42 Å². The zero-order chi connectivity index (χ0) is 24.6. The molecule has 2 heterocycles. The third-order valence-electron chi connectivity index (χ3n) is 5.41. The molecule has 0 amide bonds. The van der Waals surface area contributed by atoms with Crippen LogP contribution in [0.25, 0.3) is 0 Å². The Labute approximate surface area is 209 Å². The van der Waals surface area contributed by atoms with E-state index in [1.54, 1.807) is 12.4 Å². The summed E-state index contributed by atoms with van der Waals surface area (Å²) < 4.78 is 0. The standard InChI is InChI=1S/C27H40N6S/c1-21(2)9-6-10-23(5)11-7-12-24(14-13-22(3)4)15-18-34-20-25(27-30-32-33-31-27)19-26-28-16-8-17-29-26/h8-9,11,13,15-17,25H,6-7,10,12,14,18-20H2,1-5H3,(H,30,31,32,33). The molecule has 7 heteroatoms. The van der Waals surface area contributed by atoms with Crippen molar-refractivity contribution in [1.82, 2.24) is 30.6 Å². The number of allylic oxidation sites excluding steroid dienone is 7. The number of thioether (sulfide) groups is 1. The molecule has 34 heavy (non-hydrogen) atoms. The molecule has 0 aliphatic heterocycles. The van der Waals surface area contributed by atoms with Gasteiger partial charge in [0.2, 0.25) is 0 Å². The molecule has 1 unspecified atom stereocenters. The van der Waals surface area contributed by atoms with Gasteiger partial charge in [-0.3, -0.25) is 0 Å². The molecule has 0 aliphatic rings. The molecule has 0 bridgehead atoms. The monoisotopic (exact) mass is 480 g/mol. The predicted molar refractivity (Wildman–Crippen MR) is 144 cm³/mol. The Kier molecular flexibility index (Phi) is 13.2. The minimum Gasteiger partial charge on any atom is -0.241 e. The van der Waals surface area contributed by atoms with Crippen LogP contribution < -0.4 is 0 Å². The van der Waals surface area contributed by atoms with Crippen molar-refractivity contribution in [3.05, 3.63) is 76.7 Å². The summed E-state index contributed by atoms with van der Waals surface area (Å²) in [6, 6.07) is 1.83. The van der Waals surface area contributed by atoms with Crippen LogP contribution in [0.3, 0.4) is 0 Å². The summed E-state index contributed by atoms with van der Waals surface area (Å²) in [6.45, 7) is 10.9. The maximum Gasteiger partial charge on any atom is 0.178 e. The van der Waals surface area contributed by atoms with Crippen LogP contribution in [0.2, 0.25) is 0 Å². The number of nitrogens with one attached hydrogen (secondary N) is 1. The van der Waals surface area contributed by atoms with Crippen molar-refractivity contribution < 1.29 is 0 Å². The lowest BCUT2D eigenvalue weighted by Gasteiger charge is -2.11. The van der Waals surface area contributed by atoms with Gasteiger partial charge in [-0.2, -0.15) is 17.0 Å². The van der Waals surface area contributed by atoms with E-state index in [9.17, 15) is 0 Å². The molecule has 2 rings (SSSR count). The zero-order valence-corrected chi connectivity index (χ0v) is 22.2. The van der Waals surface area contributed by atoms with Crippen LogP contribution in [0.4, 0.5) is 0 Å². The van der Waals surface area contributed by atoms with Crippen molar-refractivity contribution in [2.45, 2.75) is 79.1 Å². The molecule has 2 aromatic heterocycles. The summed E-state index contributed by atoms with van der Waals surface area (Å²) in [6.07, 6.45) is 19.2. The minimum atomic E-state index is 0.132. The Hall–Kier alpha value is -2.54. The fourth-order valence-electron chi connectivity index (χ4n) is 3.43. The summed E-state index contributed by atoms with van der Waals surface area (Å²) in [5.74, 6) is 3.53. The molecule has 0 aliphatic carbocycles. The van der Waals surface area contributed by atoms with Crippen LogP contribution in [0.15, 0.2) is 65.1 Å². The highest BCUT2D eigenvalue weighted by molar-refractivity contribution is 7.99. The van der Waals surface area contributed by atoms with Gasteiger partial charge in [-0.25, -0.2) is 9.97 Å². The largest absolute Gasteiger partial charge is 0.241 e. The Morgan fingerprint density at radius 1 is 0.941 bits per heavy atom. The molecule has 0 radical (unpaired) electrons. The lowest BCUT2D eigenvalue weighted by Crippen LogP contribution is -2.11. The molecular formula is C27H40N6S. The topological polar surface area (TPSA) is 80.2 Å². The first-order valence-electron chi connectivity index (χ1n) is 12.1. The molecule has 1 N–H and O–H groups in total. The maximum atomic E-state index is 4.37. The molecule has 0 fully saturated rings.